The average Bonchev–Trinajstić information content (AvgIpc) is 2.95. The summed E-state index contributed by atoms with van der Waals surface area (Å²) in [5.74, 6) is 0.777. The lowest BCUT2D eigenvalue weighted by Crippen LogP contribution is -2.13. The Labute approximate surface area is 118 Å². The van der Waals surface area contributed by atoms with Crippen molar-refractivity contribution in [1.82, 2.24) is 14.9 Å². The van der Waals surface area contributed by atoms with E-state index in [1.54, 1.807) is 6.07 Å². The van der Waals surface area contributed by atoms with E-state index in [4.69, 9.17) is 4.52 Å². The maximum absolute atomic E-state index is 12.1. The van der Waals surface area contributed by atoms with E-state index in [9.17, 15) is 8.42 Å². The summed E-state index contributed by atoms with van der Waals surface area (Å²) in [6, 6.07) is 1.59. The summed E-state index contributed by atoms with van der Waals surface area (Å²) in [4.78, 5) is 0.0969. The minimum absolute atomic E-state index is 0.0969. The SMILES string of the molecule is CCn1cc(S(=O)(=O)Nc2cc(C(C)(C)C)on2)cn1. The highest BCUT2D eigenvalue weighted by atomic mass is 32.2. The lowest BCUT2D eigenvalue weighted by atomic mass is 9.93. The van der Waals surface area contributed by atoms with E-state index in [0.29, 0.717) is 12.3 Å². The highest BCUT2D eigenvalue weighted by Crippen LogP contribution is 2.25. The van der Waals surface area contributed by atoms with Gasteiger partial charge in [-0.3, -0.25) is 9.40 Å². The van der Waals surface area contributed by atoms with Crippen LogP contribution in [0.25, 0.3) is 0 Å². The number of sulfonamides is 1. The fraction of sp³-hybridized carbons (Fsp3) is 0.500. The first kappa shape index (κ1) is 14.6. The van der Waals surface area contributed by atoms with Gasteiger partial charge >= 0.3 is 0 Å². The molecule has 7 nitrogen and oxygen atoms in total. The highest BCUT2D eigenvalue weighted by molar-refractivity contribution is 7.92. The lowest BCUT2D eigenvalue weighted by Gasteiger charge is -2.12. The van der Waals surface area contributed by atoms with Gasteiger partial charge in [-0.1, -0.05) is 25.9 Å². The van der Waals surface area contributed by atoms with Gasteiger partial charge in [-0.05, 0) is 6.92 Å². The van der Waals surface area contributed by atoms with Gasteiger partial charge in [0.25, 0.3) is 10.0 Å². The summed E-state index contributed by atoms with van der Waals surface area (Å²) in [5.41, 5.74) is -0.232. The van der Waals surface area contributed by atoms with Crippen molar-refractivity contribution in [3.05, 3.63) is 24.2 Å². The molecule has 0 amide bonds. The van der Waals surface area contributed by atoms with Crippen molar-refractivity contribution in [2.24, 2.45) is 0 Å². The maximum Gasteiger partial charge on any atom is 0.266 e. The Morgan fingerprint density at radius 1 is 1.40 bits per heavy atom. The maximum atomic E-state index is 12.1. The van der Waals surface area contributed by atoms with Crippen LogP contribution in [0.15, 0.2) is 27.9 Å². The highest BCUT2D eigenvalue weighted by Gasteiger charge is 2.23. The molecule has 0 aromatic carbocycles. The number of rotatable bonds is 4. The molecule has 2 aromatic heterocycles. The van der Waals surface area contributed by atoms with Crippen molar-refractivity contribution in [3.8, 4) is 0 Å². The van der Waals surface area contributed by atoms with Gasteiger partial charge < -0.3 is 4.52 Å². The van der Waals surface area contributed by atoms with E-state index >= 15 is 0 Å². The van der Waals surface area contributed by atoms with E-state index in [1.165, 1.54) is 17.1 Å². The van der Waals surface area contributed by atoms with Gasteiger partial charge in [0.2, 0.25) is 0 Å². The molecule has 2 rings (SSSR count). The van der Waals surface area contributed by atoms with E-state index < -0.39 is 10.0 Å². The molecule has 0 saturated heterocycles. The smallest absolute Gasteiger partial charge is 0.266 e. The number of aryl methyl sites for hydroxylation is 1. The average molecular weight is 298 g/mol. The van der Waals surface area contributed by atoms with Gasteiger partial charge in [-0.25, -0.2) is 8.42 Å². The van der Waals surface area contributed by atoms with Gasteiger partial charge in [-0.15, -0.1) is 0 Å². The molecule has 8 heteroatoms. The van der Waals surface area contributed by atoms with Crippen LogP contribution < -0.4 is 4.72 Å². The van der Waals surface area contributed by atoms with Crippen LogP contribution in [0.2, 0.25) is 0 Å². The molecule has 0 aliphatic carbocycles. The predicted molar refractivity (Wildman–Crippen MR) is 73.9 cm³/mol. The third kappa shape index (κ3) is 3.01. The molecule has 0 spiro atoms. The second-order valence-electron chi connectivity index (χ2n) is 5.46. The van der Waals surface area contributed by atoms with E-state index in [2.05, 4.69) is 15.0 Å². The van der Waals surface area contributed by atoms with Crippen LogP contribution >= 0.6 is 0 Å². The summed E-state index contributed by atoms with van der Waals surface area (Å²) in [5, 5.41) is 7.67. The Balaban J connectivity index is 2.22. The zero-order chi connectivity index (χ0) is 15.0. The summed E-state index contributed by atoms with van der Waals surface area (Å²) in [7, 11) is -3.69. The molecule has 0 radical (unpaired) electrons. The second-order valence-corrected chi connectivity index (χ2v) is 7.15. The van der Waals surface area contributed by atoms with Crippen molar-refractivity contribution in [3.63, 3.8) is 0 Å². The first-order valence-corrected chi connectivity index (χ1v) is 7.73. The number of nitrogens with zero attached hydrogens (tertiary/aromatic N) is 3. The zero-order valence-electron chi connectivity index (χ0n) is 11.9. The molecule has 0 atom stereocenters. The standard InChI is InChI=1S/C12H18N4O3S/c1-5-16-8-9(7-13-16)20(17,18)15-11-6-10(19-14-11)12(2,3)4/h6-8H,5H2,1-4H3,(H,14,15). The normalized spacial score (nSPS) is 12.6. The summed E-state index contributed by atoms with van der Waals surface area (Å²) < 4.78 is 33.3. The van der Waals surface area contributed by atoms with E-state index in [1.807, 2.05) is 27.7 Å². The molecule has 0 bridgehead atoms. The Bertz CT molecular complexity index is 694. The number of aromatic nitrogens is 3. The molecule has 0 unspecified atom stereocenters. The van der Waals surface area contributed by atoms with Crippen LogP contribution in [0, 0.1) is 0 Å². The summed E-state index contributed by atoms with van der Waals surface area (Å²) in [6.45, 7) is 8.35. The minimum atomic E-state index is -3.69. The van der Waals surface area contributed by atoms with Gasteiger partial charge in [0.1, 0.15) is 10.7 Å². The topological polar surface area (TPSA) is 90.0 Å². The van der Waals surface area contributed by atoms with Crippen LogP contribution in [-0.4, -0.2) is 23.4 Å². The predicted octanol–water partition coefficient (Wildman–Crippen LogP) is 1.99. The van der Waals surface area contributed by atoms with Crippen molar-refractivity contribution >= 4 is 15.8 Å². The van der Waals surface area contributed by atoms with Crippen LogP contribution in [-0.2, 0) is 22.0 Å². The van der Waals surface area contributed by atoms with E-state index in [-0.39, 0.29) is 16.1 Å². The molecule has 0 aliphatic rings. The fourth-order valence-electron chi connectivity index (χ4n) is 1.53. The molecule has 0 fully saturated rings. The van der Waals surface area contributed by atoms with Crippen molar-refractivity contribution in [2.75, 3.05) is 4.72 Å². The Morgan fingerprint density at radius 2 is 2.10 bits per heavy atom. The molecule has 110 valence electrons. The first-order valence-electron chi connectivity index (χ1n) is 6.25. The zero-order valence-corrected chi connectivity index (χ0v) is 12.7. The van der Waals surface area contributed by atoms with Gasteiger partial charge in [0.15, 0.2) is 5.82 Å². The largest absolute Gasteiger partial charge is 0.359 e. The molecule has 1 N–H and O–H groups in total. The second kappa shape index (κ2) is 4.93. The quantitative estimate of drug-likeness (QED) is 0.932. The molecular weight excluding hydrogens is 280 g/mol. The summed E-state index contributed by atoms with van der Waals surface area (Å²) in [6.07, 6.45) is 2.77. The lowest BCUT2D eigenvalue weighted by molar-refractivity contribution is 0.331. The van der Waals surface area contributed by atoms with Crippen molar-refractivity contribution < 1.29 is 12.9 Å². The number of nitrogens with one attached hydrogen (secondary N) is 1. The minimum Gasteiger partial charge on any atom is -0.359 e. The summed E-state index contributed by atoms with van der Waals surface area (Å²) >= 11 is 0. The third-order valence-corrected chi connectivity index (χ3v) is 4.04. The number of anilines is 1. The number of hydrogen-bond donors (Lipinski definition) is 1. The molecule has 0 saturated carbocycles. The molecule has 2 aromatic rings. The van der Waals surface area contributed by atoms with Gasteiger partial charge in [-0.2, -0.15) is 5.10 Å². The molecule has 20 heavy (non-hydrogen) atoms. The Kier molecular flexibility index (Phi) is 3.59. The van der Waals surface area contributed by atoms with Crippen LogP contribution in [0.5, 0.6) is 0 Å². The van der Waals surface area contributed by atoms with Gasteiger partial charge in [0, 0.05) is 24.2 Å². The van der Waals surface area contributed by atoms with Crippen LogP contribution in [0.4, 0.5) is 5.82 Å². The Morgan fingerprint density at radius 3 is 2.60 bits per heavy atom. The molecule has 2 heterocycles. The van der Waals surface area contributed by atoms with E-state index in [0.717, 1.165) is 0 Å². The van der Waals surface area contributed by atoms with Crippen LogP contribution in [0.1, 0.15) is 33.5 Å². The molecular formula is C12H18N4O3S. The van der Waals surface area contributed by atoms with Crippen molar-refractivity contribution in [1.29, 1.82) is 0 Å². The van der Waals surface area contributed by atoms with Crippen molar-refractivity contribution in [2.45, 2.75) is 44.6 Å². The number of hydrogen-bond acceptors (Lipinski definition) is 5. The Hall–Kier alpha value is -1.83. The van der Waals surface area contributed by atoms with Crippen LogP contribution in [0.3, 0.4) is 0 Å². The monoisotopic (exact) mass is 298 g/mol. The first-order chi connectivity index (χ1) is 9.22. The third-order valence-electron chi connectivity index (χ3n) is 2.73. The molecule has 0 aliphatic heterocycles. The fourth-order valence-corrected chi connectivity index (χ4v) is 2.47. The van der Waals surface area contributed by atoms with Gasteiger partial charge in [0.05, 0.1) is 6.20 Å².